The first kappa shape index (κ1) is 24.4. The number of aryl methyl sites for hydroxylation is 1. The van der Waals surface area contributed by atoms with Crippen molar-refractivity contribution in [3.63, 3.8) is 0 Å². The zero-order chi connectivity index (χ0) is 25.2. The molecule has 3 aromatic rings. The Kier molecular flexibility index (Phi) is 6.91. The lowest BCUT2D eigenvalue weighted by Gasteiger charge is -2.13. The number of anilines is 1. The van der Waals surface area contributed by atoms with E-state index in [2.05, 4.69) is 10.3 Å². The number of hydrogen-bond acceptors (Lipinski definition) is 4. The highest BCUT2D eigenvalue weighted by molar-refractivity contribution is 5.93. The number of ether oxygens (including phenoxy) is 1. The van der Waals surface area contributed by atoms with E-state index < -0.39 is 17.3 Å². The van der Waals surface area contributed by atoms with Gasteiger partial charge in [-0.15, -0.1) is 0 Å². The van der Waals surface area contributed by atoms with Crippen LogP contribution in [0.5, 0.6) is 11.5 Å². The van der Waals surface area contributed by atoms with Gasteiger partial charge in [-0.3, -0.25) is 9.59 Å². The van der Waals surface area contributed by atoms with Crippen molar-refractivity contribution < 1.29 is 27.5 Å². The number of halogens is 3. The molecule has 1 N–H and O–H groups in total. The van der Waals surface area contributed by atoms with Crippen molar-refractivity contribution in [2.75, 3.05) is 5.32 Å². The van der Waals surface area contributed by atoms with Gasteiger partial charge in [0.2, 0.25) is 5.91 Å². The summed E-state index contributed by atoms with van der Waals surface area (Å²) in [5, 5.41) is 2.77. The lowest BCUT2D eigenvalue weighted by atomic mass is 9.97. The van der Waals surface area contributed by atoms with Crippen molar-refractivity contribution >= 4 is 17.5 Å². The molecule has 1 amide bonds. The molecular weight excluding hydrogens is 457 g/mol. The summed E-state index contributed by atoms with van der Waals surface area (Å²) in [7, 11) is 0. The molecule has 1 aliphatic rings. The molecule has 0 unspecified atom stereocenters. The Morgan fingerprint density at radius 1 is 1.06 bits per heavy atom. The zero-order valence-electron chi connectivity index (χ0n) is 19.4. The fourth-order valence-corrected chi connectivity index (χ4v) is 3.69. The van der Waals surface area contributed by atoms with Crippen LogP contribution in [0, 0.1) is 18.7 Å². The van der Waals surface area contributed by atoms with Gasteiger partial charge in [-0.25, -0.2) is 18.2 Å². The number of hydrogen-bond donors (Lipinski definition) is 1. The van der Waals surface area contributed by atoms with Crippen LogP contribution >= 0.6 is 0 Å². The third-order valence-electron chi connectivity index (χ3n) is 5.73. The summed E-state index contributed by atoms with van der Waals surface area (Å²) < 4.78 is 46.8. The zero-order valence-corrected chi connectivity index (χ0v) is 19.4. The highest BCUT2D eigenvalue weighted by Crippen LogP contribution is 2.31. The average Bonchev–Trinajstić information content (AvgIpc) is 3.60. The number of Topliss-reactive ketones (excluding diaryl/α,β-unsaturated/α-hetero) is 1. The minimum absolute atomic E-state index is 0.0441. The Balaban J connectivity index is 1.39. The smallest absolute Gasteiger partial charge is 0.270 e. The van der Waals surface area contributed by atoms with Crippen molar-refractivity contribution in [3.8, 4) is 11.5 Å². The molecule has 4 rings (SSSR count). The van der Waals surface area contributed by atoms with Crippen molar-refractivity contribution in [2.24, 2.45) is 5.92 Å². The van der Waals surface area contributed by atoms with E-state index in [0.29, 0.717) is 24.2 Å². The normalized spacial score (nSPS) is 13.4. The van der Waals surface area contributed by atoms with Gasteiger partial charge in [0.15, 0.2) is 0 Å². The van der Waals surface area contributed by atoms with E-state index in [9.17, 15) is 22.8 Å². The Bertz CT molecular complexity index is 1270. The van der Waals surface area contributed by atoms with Gasteiger partial charge in [0, 0.05) is 43.5 Å². The van der Waals surface area contributed by atoms with Gasteiger partial charge < -0.3 is 10.1 Å². The maximum atomic E-state index is 13.8. The lowest BCUT2D eigenvalue weighted by molar-refractivity contribution is -0.118. The van der Waals surface area contributed by atoms with Gasteiger partial charge in [-0.2, -0.15) is 0 Å². The van der Waals surface area contributed by atoms with Gasteiger partial charge in [-0.1, -0.05) is 6.07 Å². The summed E-state index contributed by atoms with van der Waals surface area (Å²) in [6.07, 6.45) is 3.27. The molecular formula is C27H25F3N2O3. The SMILES string of the molecule is Cc1cc(Oc2ccnc(NC(=O)C3CC3)c2)ccc1CC(=O)Cc1cc(F)cc(C(C)(F)F)c1. The molecule has 0 bridgehead atoms. The third-order valence-corrected chi connectivity index (χ3v) is 5.73. The second-order valence-corrected chi connectivity index (χ2v) is 8.96. The van der Waals surface area contributed by atoms with Crippen molar-refractivity contribution in [1.82, 2.24) is 4.98 Å². The van der Waals surface area contributed by atoms with Gasteiger partial charge in [-0.05, 0) is 72.9 Å². The highest BCUT2D eigenvalue weighted by atomic mass is 19.3. The summed E-state index contributed by atoms with van der Waals surface area (Å²) in [4.78, 5) is 28.7. The Morgan fingerprint density at radius 2 is 1.80 bits per heavy atom. The Labute approximate surface area is 201 Å². The van der Waals surface area contributed by atoms with Crippen LogP contribution in [0.15, 0.2) is 54.7 Å². The molecule has 0 saturated heterocycles. The number of ketones is 1. The number of aromatic nitrogens is 1. The third kappa shape index (κ3) is 6.68. The van der Waals surface area contributed by atoms with E-state index in [1.807, 2.05) is 6.92 Å². The summed E-state index contributed by atoms with van der Waals surface area (Å²) in [6.45, 7) is 2.53. The van der Waals surface area contributed by atoms with E-state index in [4.69, 9.17) is 4.74 Å². The number of rotatable bonds is 9. The molecule has 0 atom stereocenters. The van der Waals surface area contributed by atoms with Gasteiger partial charge in [0.1, 0.15) is 28.9 Å². The fraction of sp³-hybridized carbons (Fsp3) is 0.296. The molecule has 1 heterocycles. The maximum absolute atomic E-state index is 13.8. The number of nitrogens with one attached hydrogen (secondary N) is 1. The molecule has 35 heavy (non-hydrogen) atoms. The molecule has 0 spiro atoms. The minimum Gasteiger partial charge on any atom is -0.457 e. The average molecular weight is 483 g/mol. The molecule has 2 aromatic carbocycles. The van der Waals surface area contributed by atoms with Gasteiger partial charge in [0.05, 0.1) is 0 Å². The largest absolute Gasteiger partial charge is 0.457 e. The first-order valence-electron chi connectivity index (χ1n) is 11.3. The van der Waals surface area contributed by atoms with Crippen LogP contribution in [0.4, 0.5) is 19.0 Å². The van der Waals surface area contributed by atoms with Crippen LogP contribution in [0.25, 0.3) is 0 Å². The fourth-order valence-electron chi connectivity index (χ4n) is 3.69. The molecule has 0 radical (unpaired) electrons. The van der Waals surface area contributed by atoms with Crippen molar-refractivity contribution in [3.05, 3.63) is 82.8 Å². The monoisotopic (exact) mass is 482 g/mol. The second kappa shape index (κ2) is 9.90. The van der Waals surface area contributed by atoms with E-state index >= 15 is 0 Å². The maximum Gasteiger partial charge on any atom is 0.270 e. The van der Waals surface area contributed by atoms with E-state index in [1.54, 1.807) is 36.5 Å². The van der Waals surface area contributed by atoms with Crippen LogP contribution < -0.4 is 10.1 Å². The summed E-state index contributed by atoms with van der Waals surface area (Å²) in [5.74, 6) is -2.72. The topological polar surface area (TPSA) is 68.3 Å². The number of nitrogens with zero attached hydrogens (tertiary/aromatic N) is 1. The first-order chi connectivity index (χ1) is 16.6. The standard InChI is InChI=1S/C27H25F3N2O3/c1-16-9-23(35-24-7-8-31-25(15-24)32-26(34)18-3-4-18)6-5-19(16)13-22(33)12-17-10-20(27(2,29)30)14-21(28)11-17/h5-11,14-15,18H,3-4,12-13H2,1-2H3,(H,31,32,34). The van der Waals surface area contributed by atoms with Crippen LogP contribution in [0.2, 0.25) is 0 Å². The van der Waals surface area contributed by atoms with Crippen LogP contribution in [0.1, 0.15) is 42.0 Å². The number of carbonyl (C=O) groups is 2. The molecule has 8 heteroatoms. The highest BCUT2D eigenvalue weighted by Gasteiger charge is 2.30. The number of pyridine rings is 1. The molecule has 1 fully saturated rings. The Morgan fingerprint density at radius 3 is 2.49 bits per heavy atom. The molecule has 1 saturated carbocycles. The number of benzene rings is 2. The predicted octanol–water partition coefficient (Wildman–Crippen LogP) is 6.14. The molecule has 1 aromatic heterocycles. The quantitative estimate of drug-likeness (QED) is 0.398. The summed E-state index contributed by atoms with van der Waals surface area (Å²) in [5.41, 5.74) is 1.33. The van der Waals surface area contributed by atoms with E-state index in [0.717, 1.165) is 36.1 Å². The van der Waals surface area contributed by atoms with E-state index in [1.165, 1.54) is 6.07 Å². The van der Waals surface area contributed by atoms with E-state index in [-0.39, 0.29) is 36.0 Å². The molecule has 5 nitrogen and oxygen atoms in total. The number of amides is 1. The van der Waals surface area contributed by atoms with Gasteiger partial charge >= 0.3 is 0 Å². The summed E-state index contributed by atoms with van der Waals surface area (Å²) >= 11 is 0. The van der Waals surface area contributed by atoms with Gasteiger partial charge in [0.25, 0.3) is 5.92 Å². The minimum atomic E-state index is -3.19. The van der Waals surface area contributed by atoms with Crippen molar-refractivity contribution in [2.45, 2.75) is 45.5 Å². The number of carbonyl (C=O) groups excluding carboxylic acids is 2. The predicted molar refractivity (Wildman–Crippen MR) is 125 cm³/mol. The number of alkyl halides is 2. The van der Waals surface area contributed by atoms with Crippen molar-refractivity contribution in [1.29, 1.82) is 0 Å². The molecule has 0 aliphatic heterocycles. The first-order valence-corrected chi connectivity index (χ1v) is 11.3. The lowest BCUT2D eigenvalue weighted by Crippen LogP contribution is -2.14. The van der Waals surface area contributed by atoms with Crippen LogP contribution in [-0.2, 0) is 28.4 Å². The molecule has 182 valence electrons. The second-order valence-electron chi connectivity index (χ2n) is 8.96. The Hall–Kier alpha value is -3.68. The summed E-state index contributed by atoms with van der Waals surface area (Å²) in [6, 6.07) is 11.6. The molecule has 1 aliphatic carbocycles. The van der Waals surface area contributed by atoms with Crippen LogP contribution in [0.3, 0.4) is 0 Å². The van der Waals surface area contributed by atoms with Crippen LogP contribution in [-0.4, -0.2) is 16.7 Å².